The van der Waals surface area contributed by atoms with Crippen LogP contribution >= 0.6 is 0 Å². The predicted molar refractivity (Wildman–Crippen MR) is 113 cm³/mol. The van der Waals surface area contributed by atoms with Gasteiger partial charge in [-0.15, -0.1) is 0 Å². The molecule has 2 aromatic carbocycles. The number of carbonyl (C=O) groups excluding carboxylic acids is 2. The number of methoxy groups -OCH3 is 1. The Morgan fingerprint density at radius 1 is 0.857 bits per heavy atom. The van der Waals surface area contributed by atoms with Gasteiger partial charge in [-0.2, -0.15) is 0 Å². The van der Waals surface area contributed by atoms with Gasteiger partial charge in [-0.25, -0.2) is 4.79 Å². The summed E-state index contributed by atoms with van der Waals surface area (Å²) >= 11 is 0. The molecule has 0 heterocycles. The number of amides is 1. The number of rotatable bonds is 11. The van der Waals surface area contributed by atoms with Crippen LogP contribution in [0.15, 0.2) is 54.6 Å². The first kappa shape index (κ1) is 21.7. The summed E-state index contributed by atoms with van der Waals surface area (Å²) in [6.45, 7) is 2.19. The highest BCUT2D eigenvalue weighted by Crippen LogP contribution is 2.19. The average molecular weight is 382 g/mol. The SMILES string of the molecule is CCCCCCCC[C@H](NC(=O)c1ccc(-c2ccccc2)cc1)C(=O)OC. The molecule has 0 fully saturated rings. The van der Waals surface area contributed by atoms with Crippen molar-refractivity contribution in [3.8, 4) is 11.1 Å². The Morgan fingerprint density at radius 3 is 2.11 bits per heavy atom. The fraction of sp³-hybridized carbons (Fsp3) is 0.417. The molecular weight excluding hydrogens is 350 g/mol. The van der Waals surface area contributed by atoms with E-state index in [2.05, 4.69) is 12.2 Å². The molecule has 0 aliphatic rings. The highest BCUT2D eigenvalue weighted by molar-refractivity contribution is 5.97. The van der Waals surface area contributed by atoms with Crippen LogP contribution in [0, 0.1) is 0 Å². The lowest BCUT2D eigenvalue weighted by molar-refractivity contribution is -0.143. The molecule has 1 amide bonds. The van der Waals surface area contributed by atoms with Gasteiger partial charge < -0.3 is 10.1 Å². The minimum Gasteiger partial charge on any atom is -0.467 e. The zero-order chi connectivity index (χ0) is 20.2. The molecule has 0 aliphatic carbocycles. The molecule has 0 saturated heterocycles. The second kappa shape index (κ2) is 12.0. The Bertz CT molecular complexity index is 725. The molecule has 2 rings (SSSR count). The molecule has 0 saturated carbocycles. The third-order valence-corrected chi connectivity index (χ3v) is 4.89. The summed E-state index contributed by atoms with van der Waals surface area (Å²) in [7, 11) is 1.36. The quantitative estimate of drug-likeness (QED) is 0.420. The van der Waals surface area contributed by atoms with Crippen LogP contribution in [0.4, 0.5) is 0 Å². The minimum absolute atomic E-state index is 0.249. The van der Waals surface area contributed by atoms with Crippen molar-refractivity contribution in [2.45, 2.75) is 57.9 Å². The monoisotopic (exact) mass is 381 g/mol. The van der Waals surface area contributed by atoms with E-state index < -0.39 is 6.04 Å². The van der Waals surface area contributed by atoms with Crippen LogP contribution in [0.25, 0.3) is 11.1 Å². The molecule has 0 spiro atoms. The van der Waals surface area contributed by atoms with Crippen LogP contribution in [0.2, 0.25) is 0 Å². The Balaban J connectivity index is 1.92. The number of benzene rings is 2. The van der Waals surface area contributed by atoms with Crippen LogP contribution in [0.3, 0.4) is 0 Å². The molecule has 0 aromatic heterocycles. The van der Waals surface area contributed by atoms with Crippen LogP contribution in [0.1, 0.15) is 62.2 Å². The standard InChI is InChI=1S/C24H31NO3/c1-3-4-5-6-7-11-14-22(24(27)28-2)25-23(26)21-17-15-20(16-18-21)19-12-9-8-10-13-19/h8-10,12-13,15-18,22H,3-7,11,14H2,1-2H3,(H,25,26)/t22-/m0/s1. The van der Waals surface area contributed by atoms with Crippen LogP contribution in [-0.4, -0.2) is 25.0 Å². The van der Waals surface area contributed by atoms with Gasteiger partial charge in [-0.05, 0) is 29.7 Å². The Hall–Kier alpha value is -2.62. The zero-order valence-corrected chi connectivity index (χ0v) is 16.9. The lowest BCUT2D eigenvalue weighted by Gasteiger charge is -2.16. The zero-order valence-electron chi connectivity index (χ0n) is 16.9. The summed E-state index contributed by atoms with van der Waals surface area (Å²) in [4.78, 5) is 24.6. The van der Waals surface area contributed by atoms with Crippen LogP contribution in [-0.2, 0) is 9.53 Å². The summed E-state index contributed by atoms with van der Waals surface area (Å²) in [5.41, 5.74) is 2.69. The van der Waals surface area contributed by atoms with Crippen molar-refractivity contribution in [1.29, 1.82) is 0 Å². The normalized spacial score (nSPS) is 11.6. The molecule has 4 heteroatoms. The number of nitrogens with one attached hydrogen (secondary N) is 1. The second-order valence-corrected chi connectivity index (χ2v) is 7.05. The van der Waals surface area contributed by atoms with Crippen molar-refractivity contribution < 1.29 is 14.3 Å². The van der Waals surface area contributed by atoms with Gasteiger partial charge in [-0.3, -0.25) is 4.79 Å². The molecule has 2 aromatic rings. The summed E-state index contributed by atoms with van der Waals surface area (Å²) in [6, 6.07) is 16.8. The fourth-order valence-electron chi connectivity index (χ4n) is 3.21. The molecule has 0 aliphatic heterocycles. The van der Waals surface area contributed by atoms with E-state index in [4.69, 9.17) is 4.74 Å². The first-order chi connectivity index (χ1) is 13.7. The topological polar surface area (TPSA) is 55.4 Å². The van der Waals surface area contributed by atoms with E-state index in [1.165, 1.54) is 26.4 Å². The number of esters is 1. The third-order valence-electron chi connectivity index (χ3n) is 4.89. The van der Waals surface area contributed by atoms with E-state index in [9.17, 15) is 9.59 Å². The molecule has 1 atom stereocenters. The summed E-state index contributed by atoms with van der Waals surface area (Å²) in [6.07, 6.45) is 7.41. The molecule has 1 N–H and O–H groups in total. The van der Waals surface area contributed by atoms with E-state index in [1.807, 2.05) is 42.5 Å². The summed E-state index contributed by atoms with van der Waals surface area (Å²) in [5.74, 6) is -0.635. The summed E-state index contributed by atoms with van der Waals surface area (Å²) in [5, 5.41) is 2.83. The average Bonchev–Trinajstić information content (AvgIpc) is 2.75. The second-order valence-electron chi connectivity index (χ2n) is 7.05. The molecule has 0 bridgehead atoms. The largest absolute Gasteiger partial charge is 0.467 e. The molecule has 150 valence electrons. The maximum atomic E-state index is 12.6. The van der Waals surface area contributed by atoms with E-state index >= 15 is 0 Å². The highest BCUT2D eigenvalue weighted by atomic mass is 16.5. The van der Waals surface area contributed by atoms with Crippen molar-refractivity contribution in [2.75, 3.05) is 7.11 Å². The van der Waals surface area contributed by atoms with Crippen molar-refractivity contribution in [2.24, 2.45) is 0 Å². The van der Waals surface area contributed by atoms with Crippen molar-refractivity contribution >= 4 is 11.9 Å². The first-order valence-electron chi connectivity index (χ1n) is 10.2. The Labute approximate surface area is 168 Å². The van der Waals surface area contributed by atoms with E-state index in [0.717, 1.165) is 30.4 Å². The Morgan fingerprint density at radius 2 is 1.46 bits per heavy atom. The van der Waals surface area contributed by atoms with Crippen LogP contribution in [0.5, 0.6) is 0 Å². The fourth-order valence-corrected chi connectivity index (χ4v) is 3.21. The number of unbranched alkanes of at least 4 members (excludes halogenated alkanes) is 5. The number of hydrogen-bond acceptors (Lipinski definition) is 3. The molecular formula is C24H31NO3. The third kappa shape index (κ3) is 6.84. The van der Waals surface area contributed by atoms with Gasteiger partial charge in [0.2, 0.25) is 0 Å². The van der Waals surface area contributed by atoms with Gasteiger partial charge in [0.1, 0.15) is 6.04 Å². The van der Waals surface area contributed by atoms with Crippen molar-refractivity contribution in [3.63, 3.8) is 0 Å². The number of hydrogen-bond donors (Lipinski definition) is 1. The summed E-state index contributed by atoms with van der Waals surface area (Å²) < 4.78 is 4.87. The van der Waals surface area contributed by atoms with E-state index in [-0.39, 0.29) is 11.9 Å². The van der Waals surface area contributed by atoms with Crippen molar-refractivity contribution in [1.82, 2.24) is 5.32 Å². The number of carbonyl (C=O) groups is 2. The first-order valence-corrected chi connectivity index (χ1v) is 10.2. The van der Waals surface area contributed by atoms with Gasteiger partial charge in [-0.1, -0.05) is 87.9 Å². The van der Waals surface area contributed by atoms with E-state index in [0.29, 0.717) is 12.0 Å². The van der Waals surface area contributed by atoms with Gasteiger partial charge >= 0.3 is 5.97 Å². The van der Waals surface area contributed by atoms with E-state index in [1.54, 1.807) is 12.1 Å². The lowest BCUT2D eigenvalue weighted by atomic mass is 10.0. The van der Waals surface area contributed by atoms with Crippen LogP contribution < -0.4 is 5.32 Å². The van der Waals surface area contributed by atoms with Gasteiger partial charge in [0.15, 0.2) is 0 Å². The minimum atomic E-state index is -0.600. The molecule has 0 radical (unpaired) electrons. The molecule has 4 nitrogen and oxygen atoms in total. The maximum Gasteiger partial charge on any atom is 0.328 e. The smallest absolute Gasteiger partial charge is 0.328 e. The lowest BCUT2D eigenvalue weighted by Crippen LogP contribution is -2.41. The molecule has 28 heavy (non-hydrogen) atoms. The number of ether oxygens (including phenoxy) is 1. The van der Waals surface area contributed by atoms with Gasteiger partial charge in [0, 0.05) is 5.56 Å². The van der Waals surface area contributed by atoms with Crippen molar-refractivity contribution in [3.05, 3.63) is 60.2 Å². The Kier molecular flexibility index (Phi) is 9.26. The maximum absolute atomic E-state index is 12.6. The molecule has 0 unspecified atom stereocenters. The van der Waals surface area contributed by atoms with Gasteiger partial charge in [0.25, 0.3) is 5.91 Å². The highest BCUT2D eigenvalue weighted by Gasteiger charge is 2.21. The predicted octanol–water partition coefficient (Wildman–Crippen LogP) is 5.38. The van der Waals surface area contributed by atoms with Gasteiger partial charge in [0.05, 0.1) is 7.11 Å².